The molecule has 0 aromatic carbocycles. The summed E-state index contributed by atoms with van der Waals surface area (Å²) >= 11 is 0. The van der Waals surface area contributed by atoms with E-state index in [-0.39, 0.29) is 23.9 Å². The zero-order chi connectivity index (χ0) is 14.7. The number of amides is 2. The van der Waals surface area contributed by atoms with E-state index in [0.717, 1.165) is 38.5 Å². The second kappa shape index (κ2) is 6.91. The first-order chi connectivity index (χ1) is 10.3. The predicted octanol–water partition coefficient (Wildman–Crippen LogP) is 2.76. The van der Waals surface area contributed by atoms with Crippen molar-refractivity contribution in [1.29, 1.82) is 0 Å². The van der Waals surface area contributed by atoms with Crippen LogP contribution in [0.25, 0.3) is 0 Å². The van der Waals surface area contributed by atoms with E-state index in [1.54, 1.807) is 4.90 Å². The summed E-state index contributed by atoms with van der Waals surface area (Å²) in [4.78, 5) is 26.6. The summed E-state index contributed by atoms with van der Waals surface area (Å²) in [7, 11) is 0. The summed E-state index contributed by atoms with van der Waals surface area (Å²) in [5, 5.41) is 3.47. The summed E-state index contributed by atoms with van der Waals surface area (Å²) in [6, 6.07) is 0.365. The second-order valence-corrected chi connectivity index (χ2v) is 7.01. The fourth-order valence-corrected chi connectivity index (χ4v) is 4.23. The van der Waals surface area contributed by atoms with Gasteiger partial charge >= 0.3 is 0 Å². The van der Waals surface area contributed by atoms with Crippen molar-refractivity contribution >= 4 is 11.8 Å². The van der Waals surface area contributed by atoms with Crippen molar-refractivity contribution in [2.45, 2.75) is 95.2 Å². The van der Waals surface area contributed by atoms with Crippen LogP contribution in [0.5, 0.6) is 0 Å². The number of imide groups is 1. The molecule has 2 amide bonds. The average Bonchev–Trinajstić information content (AvgIpc) is 2.70. The number of nitrogens with one attached hydrogen (secondary N) is 1. The van der Waals surface area contributed by atoms with Crippen molar-refractivity contribution < 1.29 is 9.59 Å². The lowest BCUT2D eigenvalue weighted by molar-refractivity contribution is -0.142. The first-order valence-corrected chi connectivity index (χ1v) is 8.87. The lowest BCUT2D eigenvalue weighted by atomic mass is 9.95. The number of hydrogen-bond donors (Lipinski definition) is 1. The van der Waals surface area contributed by atoms with Crippen LogP contribution in [0.3, 0.4) is 0 Å². The molecule has 2 saturated carbocycles. The maximum Gasteiger partial charge on any atom is 0.247 e. The smallest absolute Gasteiger partial charge is 0.247 e. The highest BCUT2D eigenvalue weighted by Crippen LogP contribution is 2.27. The Morgan fingerprint density at radius 1 is 0.810 bits per heavy atom. The molecule has 2 aliphatic carbocycles. The standard InChI is InChI=1S/C17H28N2O2/c20-16-12-15(18-13-8-4-3-5-9-13)17(21)19(16)14-10-6-1-2-7-11-14/h13-15,18H,1-12H2. The normalized spacial score (nSPS) is 29.9. The van der Waals surface area contributed by atoms with Crippen molar-refractivity contribution in [2.24, 2.45) is 0 Å². The van der Waals surface area contributed by atoms with Gasteiger partial charge in [0.1, 0.15) is 0 Å². The molecule has 4 nitrogen and oxygen atoms in total. The molecule has 4 heteroatoms. The number of nitrogens with zero attached hydrogens (tertiary/aromatic N) is 1. The zero-order valence-corrected chi connectivity index (χ0v) is 13.0. The van der Waals surface area contributed by atoms with E-state index < -0.39 is 0 Å². The van der Waals surface area contributed by atoms with Gasteiger partial charge in [-0.2, -0.15) is 0 Å². The molecular weight excluding hydrogens is 264 g/mol. The highest BCUT2D eigenvalue weighted by atomic mass is 16.2. The van der Waals surface area contributed by atoms with E-state index in [2.05, 4.69) is 5.32 Å². The molecule has 1 atom stereocenters. The van der Waals surface area contributed by atoms with Crippen LogP contribution in [0, 0.1) is 0 Å². The van der Waals surface area contributed by atoms with Crippen LogP contribution >= 0.6 is 0 Å². The molecule has 1 unspecified atom stereocenters. The molecule has 0 radical (unpaired) electrons. The van der Waals surface area contributed by atoms with Gasteiger partial charge < -0.3 is 5.32 Å². The Hall–Kier alpha value is -0.900. The molecule has 0 spiro atoms. The molecule has 1 aliphatic heterocycles. The molecule has 0 aromatic rings. The minimum Gasteiger partial charge on any atom is -0.303 e. The van der Waals surface area contributed by atoms with Gasteiger partial charge in [0.25, 0.3) is 0 Å². The molecule has 1 saturated heterocycles. The summed E-state index contributed by atoms with van der Waals surface area (Å²) < 4.78 is 0. The lowest BCUT2D eigenvalue weighted by Gasteiger charge is -2.27. The number of carbonyl (C=O) groups is 2. The van der Waals surface area contributed by atoms with E-state index >= 15 is 0 Å². The van der Waals surface area contributed by atoms with E-state index in [9.17, 15) is 9.59 Å². The Kier molecular flexibility index (Phi) is 4.94. The van der Waals surface area contributed by atoms with Gasteiger partial charge in [-0.1, -0.05) is 44.9 Å². The molecule has 3 fully saturated rings. The van der Waals surface area contributed by atoms with Crippen molar-refractivity contribution in [3.8, 4) is 0 Å². The second-order valence-electron chi connectivity index (χ2n) is 7.01. The molecule has 0 bridgehead atoms. The van der Waals surface area contributed by atoms with Gasteiger partial charge in [0, 0.05) is 12.1 Å². The number of carbonyl (C=O) groups excluding carboxylic acids is 2. The molecule has 1 N–H and O–H groups in total. The molecule has 3 aliphatic rings. The summed E-state index contributed by atoms with van der Waals surface area (Å²) in [6.07, 6.45) is 13.3. The van der Waals surface area contributed by atoms with Gasteiger partial charge in [-0.25, -0.2) is 0 Å². The highest BCUT2D eigenvalue weighted by Gasteiger charge is 2.42. The molecule has 3 rings (SSSR count). The molecule has 21 heavy (non-hydrogen) atoms. The van der Waals surface area contributed by atoms with Crippen LogP contribution in [-0.2, 0) is 9.59 Å². The van der Waals surface area contributed by atoms with Crippen LogP contribution in [0.15, 0.2) is 0 Å². The van der Waals surface area contributed by atoms with Crippen LogP contribution in [-0.4, -0.2) is 34.8 Å². The van der Waals surface area contributed by atoms with Crippen LogP contribution < -0.4 is 5.32 Å². The van der Waals surface area contributed by atoms with Gasteiger partial charge in [-0.05, 0) is 25.7 Å². The van der Waals surface area contributed by atoms with Crippen molar-refractivity contribution in [3.05, 3.63) is 0 Å². The molecular formula is C17H28N2O2. The Balaban J connectivity index is 1.61. The average molecular weight is 292 g/mol. The summed E-state index contributed by atoms with van der Waals surface area (Å²) in [5.41, 5.74) is 0. The molecule has 1 heterocycles. The minimum atomic E-state index is -0.246. The van der Waals surface area contributed by atoms with Crippen LogP contribution in [0.2, 0.25) is 0 Å². The SMILES string of the molecule is O=C1CC(NC2CCCCC2)C(=O)N1C1CCCCCC1. The van der Waals surface area contributed by atoms with Crippen molar-refractivity contribution in [2.75, 3.05) is 0 Å². The quantitative estimate of drug-likeness (QED) is 0.643. The summed E-state index contributed by atoms with van der Waals surface area (Å²) in [6.45, 7) is 0. The Labute approximate surface area is 127 Å². The maximum absolute atomic E-state index is 12.6. The fourth-order valence-electron chi connectivity index (χ4n) is 4.23. The first kappa shape index (κ1) is 15.0. The van der Waals surface area contributed by atoms with Gasteiger partial charge in [0.15, 0.2) is 0 Å². The zero-order valence-electron chi connectivity index (χ0n) is 13.0. The van der Waals surface area contributed by atoms with Gasteiger partial charge in [-0.15, -0.1) is 0 Å². The third-order valence-corrected chi connectivity index (χ3v) is 5.41. The van der Waals surface area contributed by atoms with Gasteiger partial charge in [-0.3, -0.25) is 14.5 Å². The third kappa shape index (κ3) is 3.47. The van der Waals surface area contributed by atoms with E-state index in [0.29, 0.717) is 12.5 Å². The van der Waals surface area contributed by atoms with Gasteiger partial charge in [0.2, 0.25) is 11.8 Å². The largest absolute Gasteiger partial charge is 0.303 e. The molecule has 0 aromatic heterocycles. The lowest BCUT2D eigenvalue weighted by Crippen LogP contribution is -2.47. The number of likely N-dealkylation sites (tertiary alicyclic amines) is 1. The first-order valence-electron chi connectivity index (χ1n) is 8.87. The van der Waals surface area contributed by atoms with Crippen molar-refractivity contribution in [1.82, 2.24) is 10.2 Å². The van der Waals surface area contributed by atoms with Crippen LogP contribution in [0.4, 0.5) is 0 Å². The monoisotopic (exact) mass is 292 g/mol. The summed E-state index contributed by atoms with van der Waals surface area (Å²) in [5.74, 6) is 0.109. The number of hydrogen-bond acceptors (Lipinski definition) is 3. The predicted molar refractivity (Wildman–Crippen MR) is 81.8 cm³/mol. The topological polar surface area (TPSA) is 49.4 Å². The van der Waals surface area contributed by atoms with Gasteiger partial charge in [0.05, 0.1) is 12.5 Å². The van der Waals surface area contributed by atoms with E-state index in [1.807, 2.05) is 0 Å². The Bertz CT molecular complexity index is 382. The van der Waals surface area contributed by atoms with Crippen molar-refractivity contribution in [3.63, 3.8) is 0 Å². The maximum atomic E-state index is 12.6. The Morgan fingerprint density at radius 3 is 2.05 bits per heavy atom. The minimum absolute atomic E-state index is 0.0532. The van der Waals surface area contributed by atoms with E-state index in [1.165, 1.54) is 32.1 Å². The fraction of sp³-hybridized carbons (Fsp3) is 0.882. The molecule has 118 valence electrons. The Morgan fingerprint density at radius 2 is 1.38 bits per heavy atom. The van der Waals surface area contributed by atoms with E-state index in [4.69, 9.17) is 0 Å². The van der Waals surface area contributed by atoms with Crippen LogP contribution in [0.1, 0.15) is 77.0 Å². The third-order valence-electron chi connectivity index (χ3n) is 5.41. The number of rotatable bonds is 3. The highest BCUT2D eigenvalue weighted by molar-refractivity contribution is 6.05.